The molecule has 0 saturated carbocycles. The summed E-state index contributed by atoms with van der Waals surface area (Å²) in [5, 5.41) is 2.90. The summed E-state index contributed by atoms with van der Waals surface area (Å²) in [6, 6.07) is 3.50. The van der Waals surface area contributed by atoms with Gasteiger partial charge in [-0.3, -0.25) is 9.78 Å². The van der Waals surface area contributed by atoms with E-state index in [9.17, 15) is 4.79 Å². The van der Waals surface area contributed by atoms with E-state index >= 15 is 0 Å². The van der Waals surface area contributed by atoms with Gasteiger partial charge in [0.05, 0.1) is 18.1 Å². The van der Waals surface area contributed by atoms with Gasteiger partial charge in [-0.25, -0.2) is 9.97 Å². The predicted octanol–water partition coefficient (Wildman–Crippen LogP) is 1.84. The average molecular weight is 278 g/mol. The molecule has 2 heterocycles. The Bertz CT molecular complexity index is 602. The second-order valence-corrected chi connectivity index (χ2v) is 4.34. The van der Waals surface area contributed by atoms with Crippen LogP contribution >= 0.6 is 11.6 Å². The van der Waals surface area contributed by atoms with Gasteiger partial charge in [-0.2, -0.15) is 0 Å². The van der Waals surface area contributed by atoms with Gasteiger partial charge in [0.2, 0.25) is 0 Å². The molecule has 0 atom stereocenters. The molecule has 0 aliphatic heterocycles. The third-order valence-electron chi connectivity index (χ3n) is 2.30. The maximum atomic E-state index is 12.0. The number of amides is 1. The SMILES string of the molecule is CN(C)c1ncccc1NC(=O)c1cncc(Cl)n1. The molecule has 0 aliphatic carbocycles. The van der Waals surface area contributed by atoms with E-state index in [0.29, 0.717) is 11.5 Å². The van der Waals surface area contributed by atoms with Crippen molar-refractivity contribution in [2.45, 2.75) is 0 Å². The van der Waals surface area contributed by atoms with E-state index in [0.717, 1.165) is 0 Å². The molecule has 0 unspecified atom stereocenters. The van der Waals surface area contributed by atoms with Crippen LogP contribution in [0.1, 0.15) is 10.5 Å². The van der Waals surface area contributed by atoms with Crippen LogP contribution in [0.2, 0.25) is 5.15 Å². The predicted molar refractivity (Wildman–Crippen MR) is 73.6 cm³/mol. The molecule has 7 heteroatoms. The van der Waals surface area contributed by atoms with E-state index in [1.54, 1.807) is 23.2 Å². The average Bonchev–Trinajstić information content (AvgIpc) is 2.39. The van der Waals surface area contributed by atoms with E-state index in [1.165, 1.54) is 12.4 Å². The number of carbonyl (C=O) groups is 1. The van der Waals surface area contributed by atoms with E-state index in [-0.39, 0.29) is 16.8 Å². The number of nitrogens with zero attached hydrogens (tertiary/aromatic N) is 4. The number of pyridine rings is 1. The Hall–Kier alpha value is -2.21. The van der Waals surface area contributed by atoms with Crippen molar-refractivity contribution in [1.82, 2.24) is 15.0 Å². The first-order valence-electron chi connectivity index (χ1n) is 5.49. The summed E-state index contributed by atoms with van der Waals surface area (Å²) in [6.45, 7) is 0. The quantitative estimate of drug-likeness (QED) is 0.927. The van der Waals surface area contributed by atoms with Gasteiger partial charge in [0.25, 0.3) is 5.91 Å². The van der Waals surface area contributed by atoms with Crippen LogP contribution in [0, 0.1) is 0 Å². The number of aromatic nitrogens is 3. The van der Waals surface area contributed by atoms with Crippen molar-refractivity contribution in [1.29, 1.82) is 0 Å². The minimum Gasteiger partial charge on any atom is -0.361 e. The fourth-order valence-corrected chi connectivity index (χ4v) is 1.64. The summed E-state index contributed by atoms with van der Waals surface area (Å²) in [7, 11) is 3.69. The molecule has 0 aromatic carbocycles. The standard InChI is InChI=1S/C12H12ClN5O/c1-18(2)11-8(4-3-5-15-11)17-12(19)9-6-14-7-10(13)16-9/h3-7H,1-2H3,(H,17,19). The monoisotopic (exact) mass is 277 g/mol. The fourth-order valence-electron chi connectivity index (χ4n) is 1.49. The molecule has 2 aromatic rings. The number of anilines is 2. The summed E-state index contributed by atoms with van der Waals surface area (Å²) in [4.78, 5) is 25.7. The maximum absolute atomic E-state index is 12.0. The molecule has 2 aromatic heterocycles. The maximum Gasteiger partial charge on any atom is 0.276 e. The van der Waals surface area contributed by atoms with E-state index in [2.05, 4.69) is 20.3 Å². The molecule has 0 radical (unpaired) electrons. The molecule has 2 rings (SSSR count). The molecule has 0 bridgehead atoms. The van der Waals surface area contributed by atoms with Crippen molar-refractivity contribution in [3.63, 3.8) is 0 Å². The summed E-state index contributed by atoms with van der Waals surface area (Å²) in [5.74, 6) is 0.275. The first kappa shape index (κ1) is 13.2. The second kappa shape index (κ2) is 5.62. The number of carbonyl (C=O) groups excluding carboxylic acids is 1. The van der Waals surface area contributed by atoms with Crippen molar-refractivity contribution >= 4 is 29.0 Å². The molecular formula is C12H12ClN5O. The molecule has 0 saturated heterocycles. The highest BCUT2D eigenvalue weighted by atomic mass is 35.5. The Morgan fingerprint density at radius 3 is 2.84 bits per heavy atom. The van der Waals surface area contributed by atoms with E-state index in [1.807, 2.05) is 14.1 Å². The zero-order valence-electron chi connectivity index (χ0n) is 10.5. The Morgan fingerprint density at radius 2 is 2.16 bits per heavy atom. The van der Waals surface area contributed by atoms with Gasteiger partial charge in [-0.05, 0) is 12.1 Å². The van der Waals surface area contributed by atoms with Crippen LogP contribution in [0.5, 0.6) is 0 Å². The lowest BCUT2D eigenvalue weighted by atomic mass is 10.3. The Kier molecular flexibility index (Phi) is 3.91. The normalized spacial score (nSPS) is 10.1. The Morgan fingerprint density at radius 1 is 1.37 bits per heavy atom. The first-order valence-corrected chi connectivity index (χ1v) is 5.87. The molecule has 98 valence electrons. The Balaban J connectivity index is 2.24. The summed E-state index contributed by atoms with van der Waals surface area (Å²) in [6.07, 6.45) is 4.38. The number of halogens is 1. The third kappa shape index (κ3) is 3.17. The van der Waals surface area contributed by atoms with Gasteiger partial charge in [-0.15, -0.1) is 0 Å². The summed E-state index contributed by atoms with van der Waals surface area (Å²) in [5.41, 5.74) is 0.750. The van der Waals surface area contributed by atoms with Crippen LogP contribution in [-0.2, 0) is 0 Å². The second-order valence-electron chi connectivity index (χ2n) is 3.95. The largest absolute Gasteiger partial charge is 0.361 e. The summed E-state index contributed by atoms with van der Waals surface area (Å²) >= 11 is 5.70. The van der Waals surface area contributed by atoms with Crippen LogP contribution in [0.3, 0.4) is 0 Å². The van der Waals surface area contributed by atoms with Gasteiger partial charge in [-0.1, -0.05) is 11.6 Å². The number of hydrogen-bond donors (Lipinski definition) is 1. The van der Waals surface area contributed by atoms with Crippen LogP contribution in [0.15, 0.2) is 30.7 Å². The smallest absolute Gasteiger partial charge is 0.276 e. The molecular weight excluding hydrogens is 266 g/mol. The lowest BCUT2D eigenvalue weighted by Crippen LogP contribution is -2.18. The minimum absolute atomic E-state index is 0.154. The zero-order chi connectivity index (χ0) is 13.8. The van der Waals surface area contributed by atoms with Crippen LogP contribution < -0.4 is 10.2 Å². The van der Waals surface area contributed by atoms with Crippen molar-refractivity contribution in [2.75, 3.05) is 24.3 Å². The van der Waals surface area contributed by atoms with Crippen LogP contribution in [-0.4, -0.2) is 35.0 Å². The van der Waals surface area contributed by atoms with Crippen LogP contribution in [0.4, 0.5) is 11.5 Å². The first-order chi connectivity index (χ1) is 9.08. The zero-order valence-corrected chi connectivity index (χ0v) is 11.2. The minimum atomic E-state index is -0.383. The molecule has 1 N–H and O–H groups in total. The van der Waals surface area contributed by atoms with Crippen LogP contribution in [0.25, 0.3) is 0 Å². The van der Waals surface area contributed by atoms with Gasteiger partial charge in [0, 0.05) is 20.3 Å². The van der Waals surface area contributed by atoms with Crippen molar-refractivity contribution in [3.05, 3.63) is 41.6 Å². The highest BCUT2D eigenvalue weighted by Gasteiger charge is 2.12. The lowest BCUT2D eigenvalue weighted by molar-refractivity contribution is 0.102. The van der Waals surface area contributed by atoms with Crippen molar-refractivity contribution < 1.29 is 4.79 Å². The number of rotatable bonds is 3. The van der Waals surface area contributed by atoms with E-state index < -0.39 is 0 Å². The van der Waals surface area contributed by atoms with Crippen molar-refractivity contribution in [3.8, 4) is 0 Å². The van der Waals surface area contributed by atoms with Gasteiger partial charge in [0.1, 0.15) is 10.8 Å². The topological polar surface area (TPSA) is 71.0 Å². The molecule has 0 spiro atoms. The Labute approximate surface area is 115 Å². The molecule has 1 amide bonds. The van der Waals surface area contributed by atoms with Gasteiger partial charge < -0.3 is 10.2 Å². The molecule has 0 fully saturated rings. The fraction of sp³-hybridized carbons (Fsp3) is 0.167. The highest BCUT2D eigenvalue weighted by Crippen LogP contribution is 2.20. The van der Waals surface area contributed by atoms with Crippen molar-refractivity contribution in [2.24, 2.45) is 0 Å². The number of hydrogen-bond acceptors (Lipinski definition) is 5. The molecule has 0 aliphatic rings. The van der Waals surface area contributed by atoms with Gasteiger partial charge >= 0.3 is 0 Å². The van der Waals surface area contributed by atoms with Gasteiger partial charge in [0.15, 0.2) is 5.82 Å². The number of nitrogens with one attached hydrogen (secondary N) is 1. The lowest BCUT2D eigenvalue weighted by Gasteiger charge is -2.15. The molecule has 6 nitrogen and oxygen atoms in total. The highest BCUT2D eigenvalue weighted by molar-refractivity contribution is 6.29. The van der Waals surface area contributed by atoms with E-state index in [4.69, 9.17) is 11.6 Å². The molecule has 19 heavy (non-hydrogen) atoms. The summed E-state index contributed by atoms with van der Waals surface area (Å²) < 4.78 is 0. The third-order valence-corrected chi connectivity index (χ3v) is 2.48.